The number of rotatable bonds is 1. The average Bonchev–Trinajstić information content (AvgIpc) is 2.95. The monoisotopic (exact) mass is 344 g/mol. The molecule has 1 aromatic carbocycles. The fraction of sp³-hybridized carbons (Fsp3) is 0.462. The first-order valence-corrected chi connectivity index (χ1v) is 8.27. The molecule has 1 aromatic rings. The van der Waals surface area contributed by atoms with Crippen molar-refractivity contribution in [1.82, 2.24) is 0 Å². The first-order valence-electron chi connectivity index (χ1n) is 6.12. The molecule has 1 aliphatic carbocycles. The zero-order valence-electron chi connectivity index (χ0n) is 9.88. The zero-order chi connectivity index (χ0) is 12.6. The maximum atomic E-state index is 6.02. The van der Waals surface area contributed by atoms with Crippen molar-refractivity contribution in [2.75, 3.05) is 11.1 Å². The van der Waals surface area contributed by atoms with Crippen LogP contribution < -0.4 is 5.32 Å². The first-order chi connectivity index (χ1) is 8.67. The highest BCUT2D eigenvalue weighted by molar-refractivity contribution is 9.10. The van der Waals surface area contributed by atoms with Gasteiger partial charge < -0.3 is 5.32 Å². The van der Waals surface area contributed by atoms with Gasteiger partial charge in [0.1, 0.15) is 0 Å². The third-order valence-electron chi connectivity index (χ3n) is 3.52. The SMILES string of the molecule is Clc1ccc(Br)c(NC2=NC3(CCCC3)CS2)c1. The Morgan fingerprint density at radius 2 is 2.11 bits per heavy atom. The van der Waals surface area contributed by atoms with E-state index in [1.165, 1.54) is 25.7 Å². The van der Waals surface area contributed by atoms with Gasteiger partial charge in [0.05, 0.1) is 11.2 Å². The van der Waals surface area contributed by atoms with Gasteiger partial charge in [-0.05, 0) is 47.0 Å². The van der Waals surface area contributed by atoms with Gasteiger partial charge in [0, 0.05) is 15.2 Å². The summed E-state index contributed by atoms with van der Waals surface area (Å²) in [4.78, 5) is 4.89. The molecule has 1 spiro atoms. The molecule has 1 heterocycles. The highest BCUT2D eigenvalue weighted by Gasteiger charge is 2.38. The number of anilines is 1. The molecule has 2 nitrogen and oxygen atoms in total. The second kappa shape index (κ2) is 5.06. The third kappa shape index (κ3) is 2.56. The van der Waals surface area contributed by atoms with Gasteiger partial charge in [-0.1, -0.05) is 36.2 Å². The Morgan fingerprint density at radius 1 is 1.33 bits per heavy atom. The normalized spacial score (nSPS) is 21.3. The molecule has 0 radical (unpaired) electrons. The molecule has 1 N–H and O–H groups in total. The lowest BCUT2D eigenvalue weighted by Gasteiger charge is -2.16. The summed E-state index contributed by atoms with van der Waals surface area (Å²) in [5, 5.41) is 5.15. The van der Waals surface area contributed by atoms with E-state index < -0.39 is 0 Å². The van der Waals surface area contributed by atoms with E-state index in [0.29, 0.717) is 0 Å². The number of benzene rings is 1. The van der Waals surface area contributed by atoms with Crippen LogP contribution in [-0.2, 0) is 0 Å². The van der Waals surface area contributed by atoms with E-state index in [9.17, 15) is 0 Å². The van der Waals surface area contributed by atoms with E-state index in [-0.39, 0.29) is 5.54 Å². The van der Waals surface area contributed by atoms with Crippen LogP contribution in [0.3, 0.4) is 0 Å². The third-order valence-corrected chi connectivity index (χ3v) is 5.60. The van der Waals surface area contributed by atoms with Crippen LogP contribution in [0.2, 0.25) is 5.02 Å². The Labute approximate surface area is 125 Å². The molecule has 96 valence electrons. The fourth-order valence-corrected chi connectivity index (χ4v) is 4.26. The van der Waals surface area contributed by atoms with Crippen LogP contribution in [0.4, 0.5) is 5.69 Å². The molecule has 0 unspecified atom stereocenters. The van der Waals surface area contributed by atoms with E-state index >= 15 is 0 Å². The summed E-state index contributed by atoms with van der Waals surface area (Å²) in [7, 11) is 0. The van der Waals surface area contributed by atoms with Crippen LogP contribution in [0.25, 0.3) is 0 Å². The number of halogens is 2. The standard InChI is InChI=1S/C13H14BrClN2S/c14-10-4-3-9(15)7-11(10)16-12-17-13(8-18-12)5-1-2-6-13/h3-4,7H,1-2,5-6,8H2,(H,16,17). The minimum atomic E-state index is 0.220. The lowest BCUT2D eigenvalue weighted by atomic mass is 10.0. The van der Waals surface area contributed by atoms with Crippen molar-refractivity contribution in [3.8, 4) is 0 Å². The predicted octanol–water partition coefficient (Wildman–Crippen LogP) is 4.93. The first kappa shape index (κ1) is 12.8. The number of hydrogen-bond acceptors (Lipinski definition) is 3. The van der Waals surface area contributed by atoms with Gasteiger partial charge in [0.2, 0.25) is 0 Å². The molecule has 3 rings (SSSR count). The topological polar surface area (TPSA) is 24.4 Å². The van der Waals surface area contributed by atoms with E-state index in [1.54, 1.807) is 0 Å². The Bertz CT molecular complexity index is 498. The number of aliphatic imine (C=N–C) groups is 1. The summed E-state index contributed by atoms with van der Waals surface area (Å²) in [6.45, 7) is 0. The molecule has 1 saturated carbocycles. The highest BCUT2D eigenvalue weighted by atomic mass is 79.9. The summed E-state index contributed by atoms with van der Waals surface area (Å²) in [5.41, 5.74) is 1.21. The summed E-state index contributed by atoms with van der Waals surface area (Å²) in [5.74, 6) is 1.12. The zero-order valence-corrected chi connectivity index (χ0v) is 13.0. The predicted molar refractivity (Wildman–Crippen MR) is 83.9 cm³/mol. The van der Waals surface area contributed by atoms with E-state index in [0.717, 1.165) is 26.1 Å². The van der Waals surface area contributed by atoms with Crippen LogP contribution in [0.15, 0.2) is 27.7 Å². The summed E-state index contributed by atoms with van der Waals surface area (Å²) < 4.78 is 1.02. The number of nitrogens with one attached hydrogen (secondary N) is 1. The van der Waals surface area contributed by atoms with Crippen LogP contribution in [0.1, 0.15) is 25.7 Å². The Hall–Kier alpha value is -0.190. The number of amidine groups is 1. The number of thioether (sulfide) groups is 1. The molecular weight excluding hydrogens is 332 g/mol. The molecule has 18 heavy (non-hydrogen) atoms. The smallest absolute Gasteiger partial charge is 0.161 e. The molecule has 2 aliphatic rings. The van der Waals surface area contributed by atoms with Crippen molar-refractivity contribution < 1.29 is 0 Å². The number of nitrogens with zero attached hydrogens (tertiary/aromatic N) is 1. The van der Waals surface area contributed by atoms with Gasteiger partial charge in [-0.3, -0.25) is 4.99 Å². The van der Waals surface area contributed by atoms with Gasteiger partial charge in [-0.2, -0.15) is 0 Å². The lowest BCUT2D eigenvalue weighted by molar-refractivity contribution is 0.508. The molecular formula is C13H14BrClN2S. The van der Waals surface area contributed by atoms with E-state index in [2.05, 4.69) is 21.2 Å². The maximum Gasteiger partial charge on any atom is 0.161 e. The second-order valence-electron chi connectivity index (χ2n) is 4.89. The molecule has 1 fully saturated rings. The largest absolute Gasteiger partial charge is 0.334 e. The van der Waals surface area contributed by atoms with Crippen LogP contribution in [0.5, 0.6) is 0 Å². The maximum absolute atomic E-state index is 6.02. The molecule has 0 saturated heterocycles. The van der Waals surface area contributed by atoms with E-state index in [4.69, 9.17) is 16.6 Å². The van der Waals surface area contributed by atoms with Gasteiger partial charge in [0.15, 0.2) is 5.17 Å². The lowest BCUT2D eigenvalue weighted by Crippen LogP contribution is -2.21. The van der Waals surface area contributed by atoms with E-state index in [1.807, 2.05) is 30.0 Å². The molecule has 0 atom stereocenters. The minimum absolute atomic E-state index is 0.220. The van der Waals surface area contributed by atoms with Crippen molar-refractivity contribution in [2.24, 2.45) is 4.99 Å². The summed E-state index contributed by atoms with van der Waals surface area (Å²) in [6, 6.07) is 5.75. The summed E-state index contributed by atoms with van der Waals surface area (Å²) >= 11 is 11.4. The van der Waals surface area contributed by atoms with Crippen molar-refractivity contribution in [1.29, 1.82) is 0 Å². The van der Waals surface area contributed by atoms with Crippen LogP contribution in [-0.4, -0.2) is 16.5 Å². The number of hydrogen-bond donors (Lipinski definition) is 1. The molecule has 0 amide bonds. The summed E-state index contributed by atoms with van der Waals surface area (Å²) in [6.07, 6.45) is 5.11. The Morgan fingerprint density at radius 3 is 2.89 bits per heavy atom. The van der Waals surface area contributed by atoms with Crippen molar-refractivity contribution in [3.63, 3.8) is 0 Å². The Kier molecular flexibility index (Phi) is 3.61. The van der Waals surface area contributed by atoms with Gasteiger partial charge in [-0.15, -0.1) is 0 Å². The minimum Gasteiger partial charge on any atom is -0.334 e. The van der Waals surface area contributed by atoms with Crippen LogP contribution in [0, 0.1) is 0 Å². The molecule has 1 aliphatic heterocycles. The Balaban J connectivity index is 1.79. The quantitative estimate of drug-likeness (QED) is 0.780. The van der Waals surface area contributed by atoms with Gasteiger partial charge in [0.25, 0.3) is 0 Å². The van der Waals surface area contributed by atoms with Crippen molar-refractivity contribution in [3.05, 3.63) is 27.7 Å². The fourth-order valence-electron chi connectivity index (χ4n) is 2.54. The van der Waals surface area contributed by atoms with Gasteiger partial charge >= 0.3 is 0 Å². The van der Waals surface area contributed by atoms with Gasteiger partial charge in [-0.25, -0.2) is 0 Å². The second-order valence-corrected chi connectivity index (χ2v) is 7.14. The molecule has 0 bridgehead atoms. The molecule has 0 aromatic heterocycles. The molecule has 5 heteroatoms. The van der Waals surface area contributed by atoms with Crippen molar-refractivity contribution in [2.45, 2.75) is 31.2 Å². The van der Waals surface area contributed by atoms with Crippen molar-refractivity contribution >= 4 is 50.1 Å². The average molecular weight is 346 g/mol. The highest BCUT2D eigenvalue weighted by Crippen LogP contribution is 2.41. The van der Waals surface area contributed by atoms with Crippen LogP contribution >= 0.6 is 39.3 Å².